The van der Waals surface area contributed by atoms with Gasteiger partial charge in [-0.3, -0.25) is 9.59 Å². The lowest BCUT2D eigenvalue weighted by atomic mass is 10.0. The molecule has 3 N–H and O–H groups in total. The van der Waals surface area contributed by atoms with Crippen molar-refractivity contribution in [2.45, 2.75) is 347 Å². The first-order valence-electron chi connectivity index (χ1n) is 30.0. The Balaban J connectivity index is 3.34. The van der Waals surface area contributed by atoms with Gasteiger partial charge in [0.25, 0.3) is 0 Å². The molecular weight excluding hydrogens is 815 g/mol. The normalized spacial score (nSPS) is 12.6. The lowest BCUT2D eigenvalue weighted by Crippen LogP contribution is -2.45. The lowest BCUT2D eigenvalue weighted by Gasteiger charge is -2.20. The molecule has 6 heteroatoms. The van der Waals surface area contributed by atoms with Crippen molar-refractivity contribution < 1.29 is 24.5 Å². The van der Waals surface area contributed by atoms with E-state index in [0.29, 0.717) is 19.4 Å². The van der Waals surface area contributed by atoms with Crippen LogP contribution in [-0.2, 0) is 14.3 Å². The van der Waals surface area contributed by atoms with Gasteiger partial charge in [0.05, 0.1) is 25.4 Å². The van der Waals surface area contributed by atoms with Crippen LogP contribution in [0.1, 0.15) is 335 Å². The molecule has 0 saturated heterocycles. The number of hydrogen-bond acceptors (Lipinski definition) is 5. The predicted molar refractivity (Wildman–Crippen MR) is 287 cm³/mol. The summed E-state index contributed by atoms with van der Waals surface area (Å²) in [7, 11) is 0. The van der Waals surface area contributed by atoms with Crippen molar-refractivity contribution in [2.75, 3.05) is 13.2 Å². The van der Waals surface area contributed by atoms with Crippen LogP contribution >= 0.6 is 0 Å². The van der Waals surface area contributed by atoms with E-state index in [4.69, 9.17) is 4.74 Å². The van der Waals surface area contributed by atoms with Gasteiger partial charge in [-0.1, -0.05) is 302 Å². The fourth-order valence-electron chi connectivity index (χ4n) is 9.46. The molecular formula is C60H117NO5. The van der Waals surface area contributed by atoms with Gasteiger partial charge in [0.1, 0.15) is 0 Å². The molecule has 66 heavy (non-hydrogen) atoms. The summed E-state index contributed by atoms with van der Waals surface area (Å²) in [4.78, 5) is 24.5. The van der Waals surface area contributed by atoms with Crippen LogP contribution in [0.4, 0.5) is 0 Å². The number of unbranched alkanes of at least 4 members (excludes halogenated alkanes) is 45. The summed E-state index contributed by atoms with van der Waals surface area (Å²) in [6.45, 7) is 4.91. The molecule has 0 bridgehead atoms. The average molecular weight is 933 g/mol. The maximum absolute atomic E-state index is 12.4. The van der Waals surface area contributed by atoms with Crippen LogP contribution in [-0.4, -0.2) is 47.4 Å². The van der Waals surface area contributed by atoms with Gasteiger partial charge in [-0.05, 0) is 32.1 Å². The molecule has 0 heterocycles. The van der Waals surface area contributed by atoms with Gasteiger partial charge in [0, 0.05) is 12.8 Å². The first kappa shape index (κ1) is 64.6. The third kappa shape index (κ3) is 52.0. The maximum atomic E-state index is 12.4. The van der Waals surface area contributed by atoms with Crippen LogP contribution in [0.5, 0.6) is 0 Å². The fraction of sp³-hybridized carbons (Fsp3) is 0.933. The van der Waals surface area contributed by atoms with Crippen molar-refractivity contribution >= 4 is 11.9 Å². The van der Waals surface area contributed by atoms with Crippen LogP contribution in [0.25, 0.3) is 0 Å². The summed E-state index contributed by atoms with van der Waals surface area (Å²) < 4.78 is 5.49. The molecule has 392 valence electrons. The van der Waals surface area contributed by atoms with Crippen molar-refractivity contribution in [1.82, 2.24) is 5.32 Å². The second-order valence-corrected chi connectivity index (χ2v) is 20.7. The van der Waals surface area contributed by atoms with E-state index >= 15 is 0 Å². The monoisotopic (exact) mass is 932 g/mol. The van der Waals surface area contributed by atoms with Gasteiger partial charge in [0.2, 0.25) is 5.91 Å². The number of carbonyl (C=O) groups excluding carboxylic acids is 2. The summed E-state index contributed by atoms with van der Waals surface area (Å²) in [5.74, 6) is -0.0493. The molecule has 0 aromatic rings. The number of esters is 1. The van der Waals surface area contributed by atoms with Gasteiger partial charge in [0.15, 0.2) is 0 Å². The second kappa shape index (κ2) is 56.2. The Labute approximate surface area is 412 Å². The maximum Gasteiger partial charge on any atom is 0.305 e. The van der Waals surface area contributed by atoms with Crippen molar-refractivity contribution in [3.05, 3.63) is 12.2 Å². The molecule has 2 atom stereocenters. The molecule has 0 aliphatic carbocycles. The minimum atomic E-state index is -0.840. The number of ether oxygens (including phenoxy) is 1. The first-order chi connectivity index (χ1) is 32.5. The molecule has 0 aliphatic rings. The van der Waals surface area contributed by atoms with Crippen molar-refractivity contribution in [1.29, 1.82) is 0 Å². The van der Waals surface area contributed by atoms with Crippen LogP contribution in [0.2, 0.25) is 0 Å². The third-order valence-corrected chi connectivity index (χ3v) is 14.1. The van der Waals surface area contributed by atoms with Crippen LogP contribution in [0.15, 0.2) is 12.2 Å². The van der Waals surface area contributed by atoms with E-state index in [-0.39, 0.29) is 18.5 Å². The van der Waals surface area contributed by atoms with Crippen LogP contribution < -0.4 is 5.32 Å². The summed E-state index contributed by atoms with van der Waals surface area (Å²) in [5, 5.41) is 23.0. The first-order valence-corrected chi connectivity index (χ1v) is 30.0. The van der Waals surface area contributed by atoms with E-state index in [9.17, 15) is 19.8 Å². The highest BCUT2D eigenvalue weighted by atomic mass is 16.5. The molecule has 2 unspecified atom stereocenters. The Morgan fingerprint density at radius 1 is 0.409 bits per heavy atom. The highest BCUT2D eigenvalue weighted by Crippen LogP contribution is 2.18. The third-order valence-electron chi connectivity index (χ3n) is 14.1. The average Bonchev–Trinajstić information content (AvgIpc) is 3.32. The number of amides is 1. The topological polar surface area (TPSA) is 95.9 Å². The van der Waals surface area contributed by atoms with E-state index in [1.165, 1.54) is 270 Å². The van der Waals surface area contributed by atoms with Crippen LogP contribution in [0.3, 0.4) is 0 Å². The number of rotatable bonds is 56. The standard InChI is InChI=1S/C60H117NO5/c1-3-5-7-9-11-13-15-16-27-31-34-38-42-46-50-54-60(65)66-55-51-47-43-39-35-32-29-26-24-22-20-18-17-19-21-23-25-28-30-33-37-41-45-49-53-59(64)61-57(56-62)58(63)52-48-44-40-36-14-12-10-8-6-4-2/h48,52,57-58,62-63H,3-47,49-51,53-56H2,1-2H3,(H,61,64)/b52-48+. The number of aliphatic hydroxyl groups is 2. The second-order valence-electron chi connectivity index (χ2n) is 20.7. The molecule has 0 rings (SSSR count). The molecule has 6 nitrogen and oxygen atoms in total. The zero-order chi connectivity index (χ0) is 47.9. The Morgan fingerprint density at radius 2 is 0.697 bits per heavy atom. The molecule has 0 radical (unpaired) electrons. The van der Waals surface area contributed by atoms with E-state index in [2.05, 4.69) is 19.2 Å². The molecule has 0 aromatic heterocycles. The van der Waals surface area contributed by atoms with Crippen molar-refractivity contribution in [3.8, 4) is 0 Å². The number of nitrogens with one attached hydrogen (secondary N) is 1. The molecule has 0 saturated carbocycles. The minimum Gasteiger partial charge on any atom is -0.466 e. The zero-order valence-corrected chi connectivity index (χ0v) is 44.7. The zero-order valence-electron chi connectivity index (χ0n) is 44.7. The quantitative estimate of drug-likeness (QED) is 0.0321. The summed E-state index contributed by atoms with van der Waals surface area (Å²) in [6.07, 6.45) is 66.8. The summed E-state index contributed by atoms with van der Waals surface area (Å²) in [6, 6.07) is -0.624. The summed E-state index contributed by atoms with van der Waals surface area (Å²) in [5.41, 5.74) is 0. The largest absolute Gasteiger partial charge is 0.466 e. The minimum absolute atomic E-state index is 0.0182. The van der Waals surface area contributed by atoms with Crippen molar-refractivity contribution in [3.63, 3.8) is 0 Å². The SMILES string of the molecule is CCCCCCCCCC/C=C/C(O)C(CO)NC(=O)CCCCCCCCCCCCCCCCCCCCCCCCCCOC(=O)CCCCCCCCCCCCCCCCC. The molecule has 0 spiro atoms. The Bertz CT molecular complexity index is 986. The predicted octanol–water partition coefficient (Wildman–Crippen LogP) is 18.5. The van der Waals surface area contributed by atoms with Crippen LogP contribution in [0, 0.1) is 0 Å². The smallest absolute Gasteiger partial charge is 0.305 e. The number of carbonyl (C=O) groups is 2. The van der Waals surface area contributed by atoms with Crippen molar-refractivity contribution in [2.24, 2.45) is 0 Å². The highest BCUT2D eigenvalue weighted by Gasteiger charge is 2.18. The van der Waals surface area contributed by atoms with Gasteiger partial charge in [-0.2, -0.15) is 0 Å². The molecule has 0 aliphatic heterocycles. The molecule has 0 fully saturated rings. The Morgan fingerprint density at radius 3 is 1.03 bits per heavy atom. The Hall–Kier alpha value is -1.40. The number of allylic oxidation sites excluding steroid dienone is 1. The molecule has 1 amide bonds. The number of aliphatic hydroxyl groups excluding tert-OH is 2. The fourth-order valence-corrected chi connectivity index (χ4v) is 9.46. The van der Waals surface area contributed by atoms with Gasteiger partial charge < -0.3 is 20.3 Å². The molecule has 0 aromatic carbocycles. The lowest BCUT2D eigenvalue weighted by molar-refractivity contribution is -0.143. The Kier molecular flexibility index (Phi) is 55.0. The highest BCUT2D eigenvalue weighted by molar-refractivity contribution is 5.76. The van der Waals surface area contributed by atoms with E-state index in [1.807, 2.05) is 6.08 Å². The van der Waals surface area contributed by atoms with E-state index < -0.39 is 12.1 Å². The van der Waals surface area contributed by atoms with Gasteiger partial charge >= 0.3 is 5.97 Å². The van der Waals surface area contributed by atoms with E-state index in [1.54, 1.807) is 6.08 Å². The van der Waals surface area contributed by atoms with Gasteiger partial charge in [-0.25, -0.2) is 0 Å². The number of hydrogen-bond donors (Lipinski definition) is 3. The van der Waals surface area contributed by atoms with E-state index in [0.717, 1.165) is 38.5 Å². The summed E-state index contributed by atoms with van der Waals surface area (Å²) >= 11 is 0. The van der Waals surface area contributed by atoms with Gasteiger partial charge in [-0.15, -0.1) is 0 Å².